The number of anilines is 2. The summed E-state index contributed by atoms with van der Waals surface area (Å²) in [4.78, 5) is 19.2. The third-order valence-corrected chi connectivity index (χ3v) is 2.57. The number of nitrogens with two attached hydrogens (primary N) is 1. The second-order valence-corrected chi connectivity index (χ2v) is 4.31. The molecule has 0 radical (unpaired) electrons. The first-order chi connectivity index (χ1) is 7.95. The fraction of sp³-hybridized carbons (Fsp3) is 0.455. The maximum Gasteiger partial charge on any atom is 0.241 e. The molecule has 94 valence electrons. The molecule has 17 heavy (non-hydrogen) atoms. The molecule has 0 fully saturated rings. The van der Waals surface area contributed by atoms with Crippen LogP contribution in [0.2, 0.25) is 5.02 Å². The average Bonchev–Trinajstić information content (AvgIpc) is 2.26. The number of aromatic nitrogens is 1. The summed E-state index contributed by atoms with van der Waals surface area (Å²) in [6.07, 6.45) is 1.52. The summed E-state index contributed by atoms with van der Waals surface area (Å²) in [7, 11) is 3.43. The molecule has 0 aliphatic carbocycles. The Hall–Kier alpha value is -1.49. The predicted molar refractivity (Wildman–Crippen MR) is 70.2 cm³/mol. The van der Waals surface area contributed by atoms with E-state index >= 15 is 0 Å². The molecule has 0 saturated carbocycles. The molecule has 0 spiro atoms. The van der Waals surface area contributed by atoms with Crippen LogP contribution in [0.5, 0.6) is 0 Å². The topological polar surface area (TPSA) is 62.5 Å². The molecule has 1 heterocycles. The number of nitrogen functional groups attached to an aromatic ring is 1. The molecule has 1 aromatic rings. The van der Waals surface area contributed by atoms with Gasteiger partial charge in [-0.25, -0.2) is 4.98 Å². The van der Waals surface area contributed by atoms with Crippen LogP contribution in [0.25, 0.3) is 0 Å². The zero-order valence-corrected chi connectivity index (χ0v) is 11.0. The van der Waals surface area contributed by atoms with Crippen LogP contribution in [0.4, 0.5) is 11.5 Å². The summed E-state index contributed by atoms with van der Waals surface area (Å²) >= 11 is 5.78. The molecule has 0 aromatic carbocycles. The lowest BCUT2D eigenvalue weighted by Crippen LogP contribution is -2.37. The molecule has 0 aliphatic heterocycles. The van der Waals surface area contributed by atoms with Gasteiger partial charge >= 0.3 is 0 Å². The summed E-state index contributed by atoms with van der Waals surface area (Å²) in [5, 5.41) is 0.487. The third kappa shape index (κ3) is 3.49. The van der Waals surface area contributed by atoms with E-state index in [4.69, 9.17) is 17.3 Å². The highest BCUT2D eigenvalue weighted by Crippen LogP contribution is 2.23. The SMILES string of the molecule is CCN(CC(=O)N(C)C)c1ncc(Cl)cc1N. The number of rotatable bonds is 4. The van der Waals surface area contributed by atoms with Gasteiger partial charge in [0.15, 0.2) is 5.82 Å². The highest BCUT2D eigenvalue weighted by molar-refractivity contribution is 6.30. The molecule has 0 unspecified atom stereocenters. The van der Waals surface area contributed by atoms with E-state index in [9.17, 15) is 4.79 Å². The summed E-state index contributed by atoms with van der Waals surface area (Å²) in [5.41, 5.74) is 6.31. The summed E-state index contributed by atoms with van der Waals surface area (Å²) in [6, 6.07) is 1.63. The monoisotopic (exact) mass is 256 g/mol. The van der Waals surface area contributed by atoms with Crippen LogP contribution in [-0.2, 0) is 4.79 Å². The summed E-state index contributed by atoms with van der Waals surface area (Å²) < 4.78 is 0. The highest BCUT2D eigenvalue weighted by atomic mass is 35.5. The van der Waals surface area contributed by atoms with E-state index in [1.54, 1.807) is 20.2 Å². The second-order valence-electron chi connectivity index (χ2n) is 3.87. The number of likely N-dealkylation sites (N-methyl/N-ethyl adjacent to an activating group) is 2. The van der Waals surface area contributed by atoms with Gasteiger partial charge in [0.1, 0.15) is 0 Å². The van der Waals surface area contributed by atoms with E-state index in [1.165, 1.54) is 11.1 Å². The van der Waals surface area contributed by atoms with Crippen molar-refractivity contribution in [1.29, 1.82) is 0 Å². The van der Waals surface area contributed by atoms with Crippen molar-refractivity contribution in [2.45, 2.75) is 6.92 Å². The van der Waals surface area contributed by atoms with Gasteiger partial charge in [-0.05, 0) is 13.0 Å². The minimum Gasteiger partial charge on any atom is -0.396 e. The van der Waals surface area contributed by atoms with Gasteiger partial charge in [-0.15, -0.1) is 0 Å². The first-order valence-corrected chi connectivity index (χ1v) is 5.69. The summed E-state index contributed by atoms with van der Waals surface area (Å²) in [6.45, 7) is 2.85. The van der Waals surface area contributed by atoms with Crippen LogP contribution >= 0.6 is 11.6 Å². The number of carbonyl (C=O) groups excluding carboxylic acids is 1. The van der Waals surface area contributed by atoms with Crippen molar-refractivity contribution >= 4 is 29.0 Å². The highest BCUT2D eigenvalue weighted by Gasteiger charge is 2.15. The van der Waals surface area contributed by atoms with Gasteiger partial charge in [0, 0.05) is 26.8 Å². The van der Waals surface area contributed by atoms with Gasteiger partial charge in [-0.2, -0.15) is 0 Å². The van der Waals surface area contributed by atoms with Crippen LogP contribution in [-0.4, -0.2) is 43.0 Å². The smallest absolute Gasteiger partial charge is 0.241 e. The normalized spacial score (nSPS) is 10.1. The largest absolute Gasteiger partial charge is 0.396 e. The van der Waals surface area contributed by atoms with Crippen LogP contribution in [0.15, 0.2) is 12.3 Å². The maximum absolute atomic E-state index is 11.7. The van der Waals surface area contributed by atoms with Crippen molar-refractivity contribution in [3.05, 3.63) is 17.3 Å². The Morgan fingerprint density at radius 2 is 2.18 bits per heavy atom. The molecule has 0 atom stereocenters. The maximum atomic E-state index is 11.7. The van der Waals surface area contributed by atoms with Gasteiger partial charge in [-0.1, -0.05) is 11.6 Å². The fourth-order valence-corrected chi connectivity index (χ4v) is 1.52. The van der Waals surface area contributed by atoms with E-state index in [-0.39, 0.29) is 12.5 Å². The van der Waals surface area contributed by atoms with Crippen molar-refractivity contribution in [1.82, 2.24) is 9.88 Å². The van der Waals surface area contributed by atoms with E-state index in [0.717, 1.165) is 0 Å². The lowest BCUT2D eigenvalue weighted by Gasteiger charge is -2.24. The molecular formula is C11H17ClN4O. The van der Waals surface area contributed by atoms with E-state index in [0.29, 0.717) is 23.1 Å². The zero-order valence-electron chi connectivity index (χ0n) is 10.3. The number of halogens is 1. The molecule has 0 aliphatic rings. The standard InChI is InChI=1S/C11H17ClN4O/c1-4-16(7-10(17)15(2)3)11-9(13)5-8(12)6-14-11/h5-6H,4,7,13H2,1-3H3. The van der Waals surface area contributed by atoms with Crippen molar-refractivity contribution in [2.24, 2.45) is 0 Å². The van der Waals surface area contributed by atoms with Crippen LogP contribution < -0.4 is 10.6 Å². The Balaban J connectivity index is 2.90. The van der Waals surface area contributed by atoms with Crippen LogP contribution in [0.3, 0.4) is 0 Å². The molecule has 1 rings (SSSR count). The van der Waals surface area contributed by atoms with Crippen LogP contribution in [0.1, 0.15) is 6.92 Å². The summed E-state index contributed by atoms with van der Waals surface area (Å²) in [5.74, 6) is 0.593. The number of hydrogen-bond acceptors (Lipinski definition) is 4. The first-order valence-electron chi connectivity index (χ1n) is 5.31. The molecule has 0 saturated heterocycles. The van der Waals surface area contributed by atoms with E-state index < -0.39 is 0 Å². The Bertz CT molecular complexity index is 408. The first kappa shape index (κ1) is 13.6. The number of pyridine rings is 1. The van der Waals surface area contributed by atoms with Crippen LogP contribution in [0, 0.1) is 0 Å². The zero-order chi connectivity index (χ0) is 13.0. The Morgan fingerprint density at radius 1 is 1.53 bits per heavy atom. The molecule has 5 nitrogen and oxygen atoms in total. The molecular weight excluding hydrogens is 240 g/mol. The molecule has 6 heteroatoms. The number of carbonyl (C=O) groups is 1. The molecule has 0 bridgehead atoms. The lowest BCUT2D eigenvalue weighted by molar-refractivity contribution is -0.127. The van der Waals surface area contributed by atoms with Gasteiger partial charge in [0.2, 0.25) is 5.91 Å². The Morgan fingerprint density at radius 3 is 2.65 bits per heavy atom. The average molecular weight is 257 g/mol. The van der Waals surface area contributed by atoms with E-state index in [1.807, 2.05) is 11.8 Å². The Kier molecular flexibility index (Phi) is 4.57. The molecule has 1 aromatic heterocycles. The predicted octanol–water partition coefficient (Wildman–Crippen LogP) is 1.23. The van der Waals surface area contributed by atoms with Crippen molar-refractivity contribution in [3.63, 3.8) is 0 Å². The number of hydrogen-bond donors (Lipinski definition) is 1. The second kappa shape index (κ2) is 5.72. The number of nitrogens with zero attached hydrogens (tertiary/aromatic N) is 3. The quantitative estimate of drug-likeness (QED) is 0.880. The van der Waals surface area contributed by atoms with Crippen molar-refractivity contribution < 1.29 is 4.79 Å². The third-order valence-electron chi connectivity index (χ3n) is 2.37. The minimum absolute atomic E-state index is 0.00278. The van der Waals surface area contributed by atoms with Gasteiger partial charge < -0.3 is 15.5 Å². The molecule has 2 N–H and O–H groups in total. The van der Waals surface area contributed by atoms with Crippen molar-refractivity contribution in [2.75, 3.05) is 37.8 Å². The Labute approximate surface area is 106 Å². The van der Waals surface area contributed by atoms with Crippen molar-refractivity contribution in [3.8, 4) is 0 Å². The lowest BCUT2D eigenvalue weighted by atomic mass is 10.3. The minimum atomic E-state index is 0.00278. The number of amides is 1. The molecule has 1 amide bonds. The fourth-order valence-electron chi connectivity index (χ4n) is 1.35. The van der Waals surface area contributed by atoms with Gasteiger partial charge in [0.05, 0.1) is 17.3 Å². The van der Waals surface area contributed by atoms with E-state index in [2.05, 4.69) is 4.98 Å². The van der Waals surface area contributed by atoms with Gasteiger partial charge in [0.25, 0.3) is 0 Å². The van der Waals surface area contributed by atoms with Gasteiger partial charge in [-0.3, -0.25) is 4.79 Å².